The minimum absolute atomic E-state index is 0.202. The largest absolute Gasteiger partial charge is 0.491 e. The van der Waals surface area contributed by atoms with Gasteiger partial charge < -0.3 is 24.8 Å². The number of aliphatic hydroxyl groups is 1. The molecule has 1 aromatic carbocycles. The van der Waals surface area contributed by atoms with Gasteiger partial charge in [0, 0.05) is 33.2 Å². The van der Waals surface area contributed by atoms with Gasteiger partial charge in [-0.2, -0.15) is 0 Å². The third-order valence-corrected chi connectivity index (χ3v) is 3.56. The van der Waals surface area contributed by atoms with Gasteiger partial charge in [-0.1, -0.05) is 12.1 Å². The summed E-state index contributed by atoms with van der Waals surface area (Å²) in [6, 6.07) is 7.15. The molecular formula is C16H24N2O4. The number of likely N-dealkylation sites (tertiary alicyclic amines) is 1. The third-order valence-electron chi connectivity index (χ3n) is 3.56. The maximum atomic E-state index is 12.3. The van der Waals surface area contributed by atoms with Gasteiger partial charge in [-0.25, -0.2) is 4.79 Å². The minimum Gasteiger partial charge on any atom is -0.491 e. The number of carbonyl (C=O) groups is 1. The molecule has 6 nitrogen and oxygen atoms in total. The standard InChI is InChI=1S/C16H24N2O4/c1-21-10-5-11-22-15-8-3-2-7-14(15)17-16(20)18-9-4-6-13(19)12-18/h2-3,7-8,13,19H,4-6,9-12H2,1H3,(H,17,20)/t13-/m0/s1. The highest BCUT2D eigenvalue weighted by Crippen LogP contribution is 2.24. The Morgan fingerprint density at radius 1 is 1.41 bits per heavy atom. The van der Waals surface area contributed by atoms with Gasteiger partial charge in [-0.3, -0.25) is 0 Å². The molecule has 2 rings (SSSR count). The first-order valence-electron chi connectivity index (χ1n) is 7.65. The Kier molecular flexibility index (Phi) is 6.48. The Labute approximate surface area is 131 Å². The summed E-state index contributed by atoms with van der Waals surface area (Å²) in [5, 5.41) is 12.5. The fraction of sp³-hybridized carbons (Fsp3) is 0.562. The van der Waals surface area contributed by atoms with Gasteiger partial charge in [-0.15, -0.1) is 0 Å². The summed E-state index contributed by atoms with van der Waals surface area (Å²) < 4.78 is 10.7. The predicted octanol–water partition coefficient (Wildman–Crippen LogP) is 2.09. The molecule has 1 aliphatic heterocycles. The summed E-state index contributed by atoms with van der Waals surface area (Å²) >= 11 is 0. The summed E-state index contributed by atoms with van der Waals surface area (Å²) in [6.07, 6.45) is 1.93. The second-order valence-electron chi connectivity index (χ2n) is 5.36. The molecule has 2 N–H and O–H groups in total. The number of nitrogens with zero attached hydrogens (tertiary/aromatic N) is 1. The van der Waals surface area contributed by atoms with E-state index in [9.17, 15) is 9.90 Å². The number of hydrogen-bond donors (Lipinski definition) is 2. The number of carbonyl (C=O) groups excluding carboxylic acids is 1. The lowest BCUT2D eigenvalue weighted by Gasteiger charge is -2.30. The van der Waals surface area contributed by atoms with Crippen LogP contribution >= 0.6 is 0 Å². The third kappa shape index (κ3) is 4.89. The molecule has 122 valence electrons. The molecule has 1 saturated heterocycles. The molecule has 0 aliphatic carbocycles. The number of hydrogen-bond acceptors (Lipinski definition) is 4. The molecule has 1 aliphatic rings. The number of nitrogens with one attached hydrogen (secondary N) is 1. The van der Waals surface area contributed by atoms with E-state index in [-0.39, 0.29) is 6.03 Å². The van der Waals surface area contributed by atoms with Crippen LogP contribution in [0, 0.1) is 0 Å². The van der Waals surface area contributed by atoms with E-state index in [1.54, 1.807) is 12.0 Å². The Morgan fingerprint density at radius 3 is 3.00 bits per heavy atom. The van der Waals surface area contributed by atoms with E-state index >= 15 is 0 Å². The number of rotatable bonds is 6. The second kappa shape index (κ2) is 8.60. The van der Waals surface area contributed by atoms with Gasteiger partial charge in [0.2, 0.25) is 0 Å². The van der Waals surface area contributed by atoms with Crippen LogP contribution < -0.4 is 10.1 Å². The molecular weight excluding hydrogens is 284 g/mol. The van der Waals surface area contributed by atoms with E-state index < -0.39 is 6.10 Å². The number of amides is 2. The van der Waals surface area contributed by atoms with Crippen molar-refractivity contribution in [2.75, 3.05) is 38.7 Å². The van der Waals surface area contributed by atoms with E-state index in [0.29, 0.717) is 37.7 Å². The van der Waals surface area contributed by atoms with Gasteiger partial charge >= 0.3 is 6.03 Å². The van der Waals surface area contributed by atoms with Crippen LogP contribution in [-0.2, 0) is 4.74 Å². The average molecular weight is 308 g/mol. The normalized spacial score (nSPS) is 18.1. The number of β-amino-alcohol motifs (C(OH)–C–C–N with tert-alkyl or cyclic N) is 1. The summed E-state index contributed by atoms with van der Waals surface area (Å²) in [5.41, 5.74) is 0.644. The maximum Gasteiger partial charge on any atom is 0.322 e. The number of para-hydroxylation sites is 2. The number of anilines is 1. The fourth-order valence-corrected chi connectivity index (χ4v) is 2.41. The van der Waals surface area contributed by atoms with Crippen LogP contribution in [0.5, 0.6) is 5.75 Å². The lowest BCUT2D eigenvalue weighted by Crippen LogP contribution is -2.44. The first kappa shape index (κ1) is 16.6. The molecule has 22 heavy (non-hydrogen) atoms. The summed E-state index contributed by atoms with van der Waals surface area (Å²) in [7, 11) is 1.65. The Balaban J connectivity index is 1.92. The zero-order chi connectivity index (χ0) is 15.8. The second-order valence-corrected chi connectivity index (χ2v) is 5.36. The first-order chi connectivity index (χ1) is 10.7. The SMILES string of the molecule is COCCCOc1ccccc1NC(=O)N1CCC[C@H](O)C1. The molecule has 0 aromatic heterocycles. The van der Waals surface area contributed by atoms with Crippen molar-refractivity contribution in [2.24, 2.45) is 0 Å². The van der Waals surface area contributed by atoms with Crippen LogP contribution in [0.3, 0.4) is 0 Å². The topological polar surface area (TPSA) is 71.0 Å². The minimum atomic E-state index is -0.431. The highest BCUT2D eigenvalue weighted by molar-refractivity contribution is 5.91. The molecule has 1 atom stereocenters. The van der Waals surface area contributed by atoms with Crippen molar-refractivity contribution in [1.29, 1.82) is 0 Å². The van der Waals surface area contributed by atoms with Crippen LogP contribution in [0.15, 0.2) is 24.3 Å². The number of piperidine rings is 1. The van der Waals surface area contributed by atoms with E-state index in [0.717, 1.165) is 19.3 Å². The average Bonchev–Trinajstić information content (AvgIpc) is 2.53. The van der Waals surface area contributed by atoms with E-state index in [4.69, 9.17) is 9.47 Å². The fourth-order valence-electron chi connectivity index (χ4n) is 2.41. The monoisotopic (exact) mass is 308 g/mol. The molecule has 0 bridgehead atoms. The molecule has 0 saturated carbocycles. The van der Waals surface area contributed by atoms with Crippen molar-refractivity contribution in [3.63, 3.8) is 0 Å². The number of ether oxygens (including phenoxy) is 2. The molecule has 0 radical (unpaired) electrons. The Morgan fingerprint density at radius 2 is 2.23 bits per heavy atom. The van der Waals surface area contributed by atoms with Crippen LogP contribution in [0.4, 0.5) is 10.5 Å². The quantitative estimate of drug-likeness (QED) is 0.790. The highest BCUT2D eigenvalue weighted by Gasteiger charge is 2.22. The van der Waals surface area contributed by atoms with Crippen LogP contribution in [-0.4, -0.2) is 55.6 Å². The lowest BCUT2D eigenvalue weighted by atomic mass is 10.1. The molecule has 0 unspecified atom stereocenters. The van der Waals surface area contributed by atoms with E-state index in [2.05, 4.69) is 5.32 Å². The van der Waals surface area contributed by atoms with Crippen molar-refractivity contribution in [1.82, 2.24) is 4.90 Å². The van der Waals surface area contributed by atoms with Gasteiger partial charge in [0.05, 0.1) is 18.4 Å². The van der Waals surface area contributed by atoms with Crippen LogP contribution in [0.25, 0.3) is 0 Å². The Bertz CT molecular complexity index is 481. The smallest absolute Gasteiger partial charge is 0.322 e. The first-order valence-corrected chi connectivity index (χ1v) is 7.65. The number of aliphatic hydroxyl groups excluding tert-OH is 1. The van der Waals surface area contributed by atoms with Gasteiger partial charge in [0.25, 0.3) is 0 Å². The van der Waals surface area contributed by atoms with E-state index in [1.807, 2.05) is 24.3 Å². The van der Waals surface area contributed by atoms with Crippen LogP contribution in [0.1, 0.15) is 19.3 Å². The van der Waals surface area contributed by atoms with Crippen molar-refractivity contribution in [2.45, 2.75) is 25.4 Å². The number of methoxy groups -OCH3 is 1. The molecule has 1 fully saturated rings. The summed E-state index contributed by atoms with van der Waals surface area (Å²) in [4.78, 5) is 13.9. The lowest BCUT2D eigenvalue weighted by molar-refractivity contribution is 0.0883. The highest BCUT2D eigenvalue weighted by atomic mass is 16.5. The zero-order valence-corrected chi connectivity index (χ0v) is 13.0. The molecule has 0 spiro atoms. The zero-order valence-electron chi connectivity index (χ0n) is 13.0. The number of benzene rings is 1. The van der Waals surface area contributed by atoms with Crippen molar-refractivity contribution >= 4 is 11.7 Å². The summed E-state index contributed by atoms with van der Waals surface area (Å²) in [6.45, 7) is 2.21. The molecule has 6 heteroatoms. The van der Waals surface area contributed by atoms with Gasteiger partial charge in [0.1, 0.15) is 5.75 Å². The molecule has 1 aromatic rings. The summed E-state index contributed by atoms with van der Waals surface area (Å²) in [5.74, 6) is 0.643. The van der Waals surface area contributed by atoms with E-state index in [1.165, 1.54) is 0 Å². The van der Waals surface area contributed by atoms with Crippen molar-refractivity contribution in [3.8, 4) is 5.75 Å². The molecule has 1 heterocycles. The van der Waals surface area contributed by atoms with Gasteiger partial charge in [0.15, 0.2) is 0 Å². The Hall–Kier alpha value is -1.79. The van der Waals surface area contributed by atoms with Crippen LogP contribution in [0.2, 0.25) is 0 Å². The molecule has 2 amide bonds. The van der Waals surface area contributed by atoms with Gasteiger partial charge in [-0.05, 0) is 25.0 Å². The van der Waals surface area contributed by atoms with Crippen molar-refractivity contribution < 1.29 is 19.4 Å². The predicted molar refractivity (Wildman–Crippen MR) is 84.3 cm³/mol. The maximum absolute atomic E-state index is 12.3. The number of urea groups is 1. The van der Waals surface area contributed by atoms with Crippen molar-refractivity contribution in [3.05, 3.63) is 24.3 Å².